The standard InChI is InChI=1S/C26H32N6O/c1-2-3-4-8-22(18-28-17-21-7-5-6-13-29-21)30-26(33)20-9-10-24-23(16-20)25(32-31-24)19-11-14-27-15-12-19/h5,7,9-12,14-16,22,28H,2-4,6,8,13,17-18H2,1H3,(H,30,33)(H,31,32). The molecule has 3 N–H and O–H groups in total. The molecule has 7 nitrogen and oxygen atoms in total. The fourth-order valence-electron chi connectivity index (χ4n) is 4.06. The maximum Gasteiger partial charge on any atom is 0.251 e. The number of dihydropyridines is 1. The second-order valence-electron chi connectivity index (χ2n) is 8.43. The molecule has 172 valence electrons. The number of aromatic amines is 1. The van der Waals surface area contributed by atoms with Crippen LogP contribution in [0.25, 0.3) is 22.2 Å². The molecule has 1 unspecified atom stereocenters. The zero-order chi connectivity index (χ0) is 22.9. The lowest BCUT2D eigenvalue weighted by molar-refractivity contribution is 0.0934. The van der Waals surface area contributed by atoms with Gasteiger partial charge in [0, 0.05) is 60.3 Å². The first kappa shape index (κ1) is 22.9. The molecule has 0 saturated heterocycles. The van der Waals surface area contributed by atoms with Gasteiger partial charge in [-0.05, 0) is 49.2 Å². The van der Waals surface area contributed by atoms with Gasteiger partial charge in [0.25, 0.3) is 5.91 Å². The highest BCUT2D eigenvalue weighted by Crippen LogP contribution is 2.26. The molecule has 0 aliphatic carbocycles. The Morgan fingerprint density at radius 3 is 2.85 bits per heavy atom. The lowest BCUT2D eigenvalue weighted by Gasteiger charge is -2.20. The van der Waals surface area contributed by atoms with Gasteiger partial charge in [0.15, 0.2) is 0 Å². The third kappa shape index (κ3) is 6.14. The first-order valence-electron chi connectivity index (χ1n) is 11.8. The summed E-state index contributed by atoms with van der Waals surface area (Å²) >= 11 is 0. The highest BCUT2D eigenvalue weighted by atomic mass is 16.1. The van der Waals surface area contributed by atoms with E-state index in [-0.39, 0.29) is 11.9 Å². The van der Waals surface area contributed by atoms with Gasteiger partial charge in [0.2, 0.25) is 0 Å². The van der Waals surface area contributed by atoms with Crippen LogP contribution < -0.4 is 10.6 Å². The van der Waals surface area contributed by atoms with Gasteiger partial charge in [-0.3, -0.25) is 19.9 Å². The number of hydrogen-bond donors (Lipinski definition) is 3. The third-order valence-electron chi connectivity index (χ3n) is 5.89. The fraction of sp³-hybridized carbons (Fsp3) is 0.385. The van der Waals surface area contributed by atoms with Crippen molar-refractivity contribution in [3.63, 3.8) is 0 Å². The van der Waals surface area contributed by atoms with E-state index in [1.54, 1.807) is 12.4 Å². The number of carbonyl (C=O) groups is 1. The van der Waals surface area contributed by atoms with Crippen LogP contribution in [-0.2, 0) is 0 Å². The van der Waals surface area contributed by atoms with Gasteiger partial charge in [-0.1, -0.05) is 32.3 Å². The maximum atomic E-state index is 13.2. The molecular formula is C26H32N6O. The molecule has 7 heteroatoms. The number of aliphatic imine (C=N–C) groups is 1. The Bertz CT molecular complexity index is 1120. The van der Waals surface area contributed by atoms with E-state index in [1.165, 1.54) is 0 Å². The number of H-pyrrole nitrogens is 1. The molecule has 1 aliphatic rings. The van der Waals surface area contributed by atoms with Gasteiger partial charge in [-0.25, -0.2) is 0 Å². The zero-order valence-electron chi connectivity index (χ0n) is 19.2. The van der Waals surface area contributed by atoms with Crippen LogP contribution in [0.4, 0.5) is 0 Å². The number of nitrogens with one attached hydrogen (secondary N) is 3. The number of nitrogens with zero attached hydrogens (tertiary/aromatic N) is 3. The van der Waals surface area contributed by atoms with E-state index < -0.39 is 0 Å². The first-order valence-corrected chi connectivity index (χ1v) is 11.8. The van der Waals surface area contributed by atoms with Crippen molar-refractivity contribution in [1.29, 1.82) is 0 Å². The average Bonchev–Trinajstić information content (AvgIpc) is 3.28. The summed E-state index contributed by atoms with van der Waals surface area (Å²) in [5.41, 5.74) is 4.41. The van der Waals surface area contributed by atoms with Crippen molar-refractivity contribution in [1.82, 2.24) is 25.8 Å². The lowest BCUT2D eigenvalue weighted by atomic mass is 10.0. The van der Waals surface area contributed by atoms with Crippen molar-refractivity contribution in [3.05, 3.63) is 60.4 Å². The summed E-state index contributed by atoms with van der Waals surface area (Å²) in [6.07, 6.45) is 13.1. The highest BCUT2D eigenvalue weighted by Gasteiger charge is 2.16. The van der Waals surface area contributed by atoms with Crippen LogP contribution in [0.2, 0.25) is 0 Å². The number of carbonyl (C=O) groups excluding carboxylic acids is 1. The number of amides is 1. The predicted octanol–water partition coefficient (Wildman–Crippen LogP) is 4.29. The van der Waals surface area contributed by atoms with Crippen LogP contribution in [0.5, 0.6) is 0 Å². The molecule has 1 amide bonds. The topological polar surface area (TPSA) is 95.1 Å². The van der Waals surface area contributed by atoms with E-state index in [1.807, 2.05) is 30.3 Å². The molecule has 0 fully saturated rings. The van der Waals surface area contributed by atoms with Gasteiger partial charge in [0.05, 0.1) is 5.52 Å². The molecule has 3 heterocycles. The van der Waals surface area contributed by atoms with Crippen molar-refractivity contribution in [2.75, 3.05) is 19.6 Å². The molecule has 0 spiro atoms. The largest absolute Gasteiger partial charge is 0.348 e. The van der Waals surface area contributed by atoms with E-state index >= 15 is 0 Å². The summed E-state index contributed by atoms with van der Waals surface area (Å²) in [4.78, 5) is 21.8. The number of unbranched alkanes of at least 4 members (excludes halogenated alkanes) is 2. The average molecular weight is 445 g/mol. The van der Waals surface area contributed by atoms with Crippen LogP contribution in [0.3, 0.4) is 0 Å². The highest BCUT2D eigenvalue weighted by molar-refractivity contribution is 6.01. The number of fused-ring (bicyclic) bond motifs is 1. The predicted molar refractivity (Wildman–Crippen MR) is 134 cm³/mol. The van der Waals surface area contributed by atoms with Crippen molar-refractivity contribution < 1.29 is 4.79 Å². The molecule has 0 radical (unpaired) electrons. The van der Waals surface area contributed by atoms with Gasteiger partial charge >= 0.3 is 0 Å². The van der Waals surface area contributed by atoms with E-state index in [2.05, 4.69) is 49.9 Å². The van der Waals surface area contributed by atoms with Crippen LogP contribution in [0.1, 0.15) is 49.4 Å². The summed E-state index contributed by atoms with van der Waals surface area (Å²) < 4.78 is 0. The Labute approximate surface area is 194 Å². The Morgan fingerprint density at radius 2 is 2.06 bits per heavy atom. The van der Waals surface area contributed by atoms with Crippen LogP contribution in [-0.4, -0.2) is 52.5 Å². The SMILES string of the molecule is CCCCCC(CNCC1=NCCC=C1)NC(=O)c1ccc2[nH]nc(-c3ccncc3)c2c1. The number of pyridine rings is 1. The monoisotopic (exact) mass is 444 g/mol. The second-order valence-corrected chi connectivity index (χ2v) is 8.43. The summed E-state index contributed by atoms with van der Waals surface area (Å²) in [6, 6.07) is 9.59. The fourth-order valence-corrected chi connectivity index (χ4v) is 4.06. The molecule has 4 rings (SSSR count). The van der Waals surface area contributed by atoms with E-state index in [4.69, 9.17) is 0 Å². The molecular weight excluding hydrogens is 412 g/mol. The molecule has 1 atom stereocenters. The van der Waals surface area contributed by atoms with Crippen molar-refractivity contribution in [2.24, 2.45) is 4.99 Å². The van der Waals surface area contributed by atoms with Gasteiger partial charge < -0.3 is 10.6 Å². The third-order valence-corrected chi connectivity index (χ3v) is 5.89. The Balaban J connectivity index is 1.44. The molecule has 3 aromatic rings. The van der Waals surface area contributed by atoms with Gasteiger partial charge in [-0.2, -0.15) is 5.10 Å². The van der Waals surface area contributed by atoms with Crippen molar-refractivity contribution >= 4 is 22.5 Å². The molecule has 2 aromatic heterocycles. The summed E-state index contributed by atoms with van der Waals surface area (Å²) in [7, 11) is 0. The Kier molecular flexibility index (Phi) is 7.98. The lowest BCUT2D eigenvalue weighted by Crippen LogP contribution is -2.43. The summed E-state index contributed by atoms with van der Waals surface area (Å²) in [5.74, 6) is -0.0584. The first-order chi connectivity index (χ1) is 16.2. The summed E-state index contributed by atoms with van der Waals surface area (Å²) in [6.45, 7) is 4.51. The maximum absolute atomic E-state index is 13.2. The zero-order valence-corrected chi connectivity index (χ0v) is 19.2. The van der Waals surface area contributed by atoms with Gasteiger partial charge in [-0.15, -0.1) is 0 Å². The van der Waals surface area contributed by atoms with E-state index in [9.17, 15) is 4.79 Å². The summed E-state index contributed by atoms with van der Waals surface area (Å²) in [5, 5.41) is 15.2. The Hall–Kier alpha value is -3.32. The second kappa shape index (κ2) is 11.5. The van der Waals surface area contributed by atoms with E-state index in [0.29, 0.717) is 5.56 Å². The van der Waals surface area contributed by atoms with E-state index in [0.717, 1.165) is 79.6 Å². The quantitative estimate of drug-likeness (QED) is 0.385. The molecule has 1 aliphatic heterocycles. The number of rotatable bonds is 11. The number of benzene rings is 1. The normalized spacial score (nSPS) is 14.3. The van der Waals surface area contributed by atoms with Crippen LogP contribution >= 0.6 is 0 Å². The minimum absolute atomic E-state index is 0.0584. The molecule has 0 saturated carbocycles. The van der Waals surface area contributed by atoms with Gasteiger partial charge in [0.1, 0.15) is 5.69 Å². The van der Waals surface area contributed by atoms with Crippen LogP contribution in [0, 0.1) is 0 Å². The minimum atomic E-state index is -0.0584. The minimum Gasteiger partial charge on any atom is -0.348 e. The molecule has 0 bridgehead atoms. The van der Waals surface area contributed by atoms with Crippen molar-refractivity contribution in [3.8, 4) is 11.3 Å². The number of hydrogen-bond acceptors (Lipinski definition) is 5. The molecule has 1 aromatic carbocycles. The smallest absolute Gasteiger partial charge is 0.251 e. The number of aromatic nitrogens is 3. The molecule has 33 heavy (non-hydrogen) atoms. The Morgan fingerprint density at radius 1 is 1.18 bits per heavy atom. The van der Waals surface area contributed by atoms with Crippen molar-refractivity contribution in [2.45, 2.75) is 45.1 Å². The van der Waals surface area contributed by atoms with Crippen LogP contribution in [0.15, 0.2) is 59.9 Å².